The molecule has 3 atom stereocenters. The molecule has 0 aliphatic carbocycles. The Kier molecular flexibility index (Phi) is 6.96. The summed E-state index contributed by atoms with van der Waals surface area (Å²) in [5, 5.41) is 11.0. The van der Waals surface area contributed by atoms with Crippen molar-refractivity contribution in [2.24, 2.45) is 0 Å². The topological polar surface area (TPSA) is 45.2 Å². The highest BCUT2D eigenvalue weighted by molar-refractivity contribution is 5.62. The van der Waals surface area contributed by atoms with Crippen LogP contribution in [0.1, 0.15) is 29.7 Å². The number of benzene rings is 2. The van der Waals surface area contributed by atoms with Gasteiger partial charge in [0.25, 0.3) is 0 Å². The number of aryl methyl sites for hydroxylation is 1. The fourth-order valence-corrected chi connectivity index (χ4v) is 4.11. The number of rotatable bonds is 9. The maximum Gasteiger partial charge on any atom is 0.180 e. The van der Waals surface area contributed by atoms with Crippen molar-refractivity contribution in [1.82, 2.24) is 4.90 Å². The molecule has 0 bridgehead atoms. The predicted octanol–water partition coefficient (Wildman–Crippen LogP) is 3.40. The van der Waals surface area contributed by atoms with Gasteiger partial charge in [-0.25, -0.2) is 0 Å². The van der Waals surface area contributed by atoms with Crippen LogP contribution in [-0.4, -0.2) is 62.7 Å². The summed E-state index contributed by atoms with van der Waals surface area (Å²) in [4.78, 5) is 4.36. The van der Waals surface area contributed by atoms with Crippen LogP contribution in [0.5, 0.6) is 0 Å². The number of aliphatic hydroxyl groups excluding tert-OH is 1. The normalized spacial score (nSPS) is 20.7. The predicted molar refractivity (Wildman–Crippen MR) is 117 cm³/mol. The van der Waals surface area contributed by atoms with Crippen LogP contribution in [-0.2, 0) is 15.9 Å². The van der Waals surface area contributed by atoms with Gasteiger partial charge in [0.15, 0.2) is 6.29 Å². The molecule has 1 heterocycles. The van der Waals surface area contributed by atoms with Crippen molar-refractivity contribution in [1.29, 1.82) is 0 Å². The quantitative estimate of drug-likeness (QED) is 0.656. The zero-order valence-electron chi connectivity index (χ0n) is 18.3. The minimum atomic E-state index is -0.597. The molecule has 1 aliphatic heterocycles. The molecule has 158 valence electrons. The van der Waals surface area contributed by atoms with Crippen molar-refractivity contribution >= 4 is 5.69 Å². The molecule has 5 nitrogen and oxygen atoms in total. The molecule has 2 aromatic rings. The van der Waals surface area contributed by atoms with Crippen LogP contribution in [0.4, 0.5) is 5.69 Å². The van der Waals surface area contributed by atoms with E-state index in [9.17, 15) is 5.11 Å². The minimum absolute atomic E-state index is 0.403. The molecule has 0 fully saturated rings. The van der Waals surface area contributed by atoms with Crippen molar-refractivity contribution in [3.8, 4) is 0 Å². The largest absolute Gasteiger partial charge is 0.387 e. The molecule has 0 radical (unpaired) electrons. The standard InChI is InChI=1S/C24H34N2O3/c1-18-10-12-19(13-11-18)22(27)17-26-21-9-7-6-8-20(21)16-24(26,2)23(28-5)29-15-14-25(3)4/h6-13,22-23,27H,14-17H2,1-5H3/t22?,23?,24-/m0/s1. The van der Waals surface area contributed by atoms with E-state index in [-0.39, 0.29) is 0 Å². The third-order valence-electron chi connectivity index (χ3n) is 5.79. The number of β-amino-alcohol motifs (C(OH)–C–C–N with tert-alkyl or cyclic N) is 1. The lowest BCUT2D eigenvalue weighted by molar-refractivity contribution is -0.162. The van der Waals surface area contributed by atoms with Crippen molar-refractivity contribution < 1.29 is 14.6 Å². The van der Waals surface area contributed by atoms with Gasteiger partial charge in [0.2, 0.25) is 0 Å². The molecule has 2 aromatic carbocycles. The number of fused-ring (bicyclic) bond motifs is 1. The number of ether oxygens (including phenoxy) is 2. The lowest BCUT2D eigenvalue weighted by Crippen LogP contribution is -2.56. The molecule has 0 saturated heterocycles. The van der Waals surface area contributed by atoms with Crippen molar-refractivity contribution in [3.63, 3.8) is 0 Å². The average Bonchev–Trinajstić information content (AvgIpc) is 2.98. The third-order valence-corrected chi connectivity index (χ3v) is 5.79. The Morgan fingerprint density at radius 3 is 2.48 bits per heavy atom. The van der Waals surface area contributed by atoms with Gasteiger partial charge in [0, 0.05) is 32.3 Å². The summed E-state index contributed by atoms with van der Waals surface area (Å²) >= 11 is 0. The molecule has 29 heavy (non-hydrogen) atoms. The summed E-state index contributed by atoms with van der Waals surface area (Å²) in [6.45, 7) is 6.12. The summed E-state index contributed by atoms with van der Waals surface area (Å²) in [5.41, 5.74) is 4.09. The van der Waals surface area contributed by atoms with Crippen LogP contribution in [0.15, 0.2) is 48.5 Å². The molecule has 1 N–H and O–H groups in total. The van der Waals surface area contributed by atoms with E-state index in [2.05, 4.69) is 41.8 Å². The van der Waals surface area contributed by atoms with Crippen LogP contribution >= 0.6 is 0 Å². The summed E-state index contributed by atoms with van der Waals surface area (Å²) in [6, 6.07) is 16.5. The Balaban J connectivity index is 1.85. The van der Waals surface area contributed by atoms with Crippen LogP contribution in [0.2, 0.25) is 0 Å². The summed E-state index contributed by atoms with van der Waals surface area (Å²) in [5.74, 6) is 0. The molecule has 0 aromatic heterocycles. The SMILES string of the molecule is COC(OCCN(C)C)[C@]1(C)Cc2ccccc2N1CC(O)c1ccc(C)cc1. The zero-order valence-corrected chi connectivity index (χ0v) is 18.3. The first-order valence-corrected chi connectivity index (χ1v) is 10.2. The van der Waals surface area contributed by atoms with E-state index >= 15 is 0 Å². The van der Waals surface area contributed by atoms with E-state index < -0.39 is 17.9 Å². The van der Waals surface area contributed by atoms with Gasteiger partial charge in [-0.3, -0.25) is 0 Å². The van der Waals surface area contributed by atoms with Crippen LogP contribution < -0.4 is 4.90 Å². The molecule has 5 heteroatoms. The maximum absolute atomic E-state index is 11.0. The molecule has 3 rings (SSSR count). The van der Waals surface area contributed by atoms with Gasteiger partial charge >= 0.3 is 0 Å². The minimum Gasteiger partial charge on any atom is -0.387 e. The molecular formula is C24H34N2O3. The number of hydrogen-bond acceptors (Lipinski definition) is 5. The highest BCUT2D eigenvalue weighted by Crippen LogP contribution is 2.42. The monoisotopic (exact) mass is 398 g/mol. The smallest absolute Gasteiger partial charge is 0.180 e. The Morgan fingerprint density at radius 1 is 1.14 bits per heavy atom. The van der Waals surface area contributed by atoms with E-state index in [0.29, 0.717) is 13.2 Å². The van der Waals surface area contributed by atoms with E-state index in [0.717, 1.165) is 24.2 Å². The van der Waals surface area contributed by atoms with Crippen LogP contribution in [0, 0.1) is 6.92 Å². The number of para-hydroxylation sites is 1. The molecule has 2 unspecified atom stereocenters. The number of hydrogen-bond donors (Lipinski definition) is 1. The van der Waals surface area contributed by atoms with Gasteiger partial charge in [-0.1, -0.05) is 48.0 Å². The van der Waals surface area contributed by atoms with Gasteiger partial charge < -0.3 is 24.4 Å². The fourth-order valence-electron chi connectivity index (χ4n) is 4.11. The Labute approximate surface area is 174 Å². The lowest BCUT2D eigenvalue weighted by Gasteiger charge is -2.43. The highest BCUT2D eigenvalue weighted by atomic mass is 16.7. The third kappa shape index (κ3) is 4.81. The molecular weight excluding hydrogens is 364 g/mol. The average molecular weight is 399 g/mol. The molecule has 0 spiro atoms. The van der Waals surface area contributed by atoms with Crippen LogP contribution in [0.3, 0.4) is 0 Å². The maximum atomic E-state index is 11.0. The number of anilines is 1. The number of nitrogens with zero attached hydrogens (tertiary/aromatic N) is 2. The fraction of sp³-hybridized carbons (Fsp3) is 0.500. The number of aliphatic hydroxyl groups is 1. The highest BCUT2D eigenvalue weighted by Gasteiger charge is 2.47. The van der Waals surface area contributed by atoms with E-state index in [1.807, 2.05) is 44.4 Å². The summed E-state index contributed by atoms with van der Waals surface area (Å²) < 4.78 is 12.0. The second-order valence-electron chi connectivity index (χ2n) is 8.44. The van der Waals surface area contributed by atoms with Gasteiger partial charge in [0.1, 0.15) is 0 Å². The summed E-state index contributed by atoms with van der Waals surface area (Å²) in [7, 11) is 5.76. The molecule has 0 saturated carbocycles. The molecule has 1 aliphatic rings. The second-order valence-corrected chi connectivity index (χ2v) is 8.44. The molecule has 0 amide bonds. The lowest BCUT2D eigenvalue weighted by atomic mass is 9.94. The van der Waals surface area contributed by atoms with Gasteiger partial charge in [-0.2, -0.15) is 0 Å². The van der Waals surface area contributed by atoms with E-state index in [1.54, 1.807) is 7.11 Å². The van der Waals surface area contributed by atoms with E-state index in [4.69, 9.17) is 9.47 Å². The van der Waals surface area contributed by atoms with Crippen molar-refractivity contribution in [2.75, 3.05) is 45.8 Å². The first kappa shape index (κ1) is 21.8. The van der Waals surface area contributed by atoms with E-state index in [1.165, 1.54) is 11.1 Å². The van der Waals surface area contributed by atoms with Crippen LogP contribution in [0.25, 0.3) is 0 Å². The second kappa shape index (κ2) is 9.26. The Morgan fingerprint density at radius 2 is 1.83 bits per heavy atom. The van der Waals surface area contributed by atoms with Crippen molar-refractivity contribution in [3.05, 3.63) is 65.2 Å². The zero-order chi connectivity index (χ0) is 21.0. The Hall–Kier alpha value is -1.92. The Bertz CT molecular complexity index is 793. The summed E-state index contributed by atoms with van der Waals surface area (Å²) in [6.07, 6.45) is -0.190. The number of likely N-dealkylation sites (N-methyl/N-ethyl adjacent to an activating group) is 1. The van der Waals surface area contributed by atoms with Crippen molar-refractivity contribution in [2.45, 2.75) is 38.2 Å². The van der Waals surface area contributed by atoms with Gasteiger partial charge in [0.05, 0.1) is 18.2 Å². The first-order valence-electron chi connectivity index (χ1n) is 10.2. The van der Waals surface area contributed by atoms with Gasteiger partial charge in [-0.05, 0) is 45.1 Å². The first-order chi connectivity index (χ1) is 13.8. The van der Waals surface area contributed by atoms with Gasteiger partial charge in [-0.15, -0.1) is 0 Å². The number of methoxy groups -OCH3 is 1.